The lowest BCUT2D eigenvalue weighted by Gasteiger charge is -2.02. The molecule has 0 rings (SSSR count). The van der Waals surface area contributed by atoms with E-state index in [4.69, 9.17) is 0 Å². The molecule has 0 fully saturated rings. The van der Waals surface area contributed by atoms with Crippen LogP contribution < -0.4 is 0 Å². The van der Waals surface area contributed by atoms with E-state index in [1.54, 1.807) is 0 Å². The van der Waals surface area contributed by atoms with E-state index in [9.17, 15) is 0 Å². The molecule has 1 unspecified atom stereocenters. The molecule has 0 aromatic rings. The van der Waals surface area contributed by atoms with E-state index in [2.05, 4.69) is 25.3 Å². The Morgan fingerprint density at radius 3 is 2.50 bits per heavy atom. The van der Waals surface area contributed by atoms with E-state index in [1.807, 2.05) is 19.1 Å². The molecule has 0 aromatic heterocycles. The van der Waals surface area contributed by atoms with Crippen LogP contribution >= 0.6 is 0 Å². The third-order valence-corrected chi connectivity index (χ3v) is 1.45. The summed E-state index contributed by atoms with van der Waals surface area (Å²) in [7, 11) is 0. The summed E-state index contributed by atoms with van der Waals surface area (Å²) in [5.41, 5.74) is 0. The largest absolute Gasteiger partial charge is 0.103 e. The molecule has 0 aromatic carbocycles. The molecule has 10 heavy (non-hydrogen) atoms. The molecular weight excluding hydrogens is 120 g/mol. The minimum Gasteiger partial charge on any atom is -0.103 e. The lowest BCUT2D eigenvalue weighted by molar-refractivity contribution is 0.723. The second-order valence-corrected chi connectivity index (χ2v) is 2.29. The highest BCUT2D eigenvalue weighted by Gasteiger charge is 1.94. The van der Waals surface area contributed by atoms with E-state index >= 15 is 0 Å². The molecule has 0 radical (unpaired) electrons. The van der Waals surface area contributed by atoms with Crippen molar-refractivity contribution in [2.24, 2.45) is 5.92 Å². The predicted molar refractivity (Wildman–Crippen MR) is 47.9 cm³/mol. The van der Waals surface area contributed by atoms with Crippen molar-refractivity contribution >= 4 is 0 Å². The summed E-state index contributed by atoms with van der Waals surface area (Å²) in [6.45, 7) is 9.45. The first-order valence-corrected chi connectivity index (χ1v) is 3.71. The maximum atomic E-state index is 3.75. The monoisotopic (exact) mass is 136 g/mol. The van der Waals surface area contributed by atoms with Crippen molar-refractivity contribution < 1.29 is 0 Å². The fraction of sp³-hybridized carbons (Fsp3) is 0.400. The van der Waals surface area contributed by atoms with Gasteiger partial charge in [0.1, 0.15) is 0 Å². The summed E-state index contributed by atoms with van der Waals surface area (Å²) in [5.74, 6) is 0.531. The Morgan fingerprint density at radius 1 is 1.40 bits per heavy atom. The van der Waals surface area contributed by atoms with Gasteiger partial charge in [-0.25, -0.2) is 0 Å². The zero-order chi connectivity index (χ0) is 7.82. The fourth-order valence-electron chi connectivity index (χ4n) is 0.850. The molecule has 0 nitrogen and oxygen atoms in total. The van der Waals surface area contributed by atoms with Gasteiger partial charge in [0.05, 0.1) is 0 Å². The first kappa shape index (κ1) is 9.22. The SMILES string of the molecule is C=CCCC(C=C)C=CC. The Hall–Kier alpha value is -0.780. The second-order valence-electron chi connectivity index (χ2n) is 2.29. The molecule has 0 aliphatic rings. The zero-order valence-corrected chi connectivity index (χ0v) is 6.72. The average molecular weight is 136 g/mol. The first-order valence-electron chi connectivity index (χ1n) is 3.71. The van der Waals surface area contributed by atoms with Crippen LogP contribution in [0.1, 0.15) is 19.8 Å². The molecule has 0 bridgehead atoms. The molecule has 0 saturated carbocycles. The van der Waals surface area contributed by atoms with Gasteiger partial charge in [0, 0.05) is 0 Å². The van der Waals surface area contributed by atoms with Gasteiger partial charge in [-0.3, -0.25) is 0 Å². The van der Waals surface area contributed by atoms with Crippen molar-refractivity contribution in [3.05, 3.63) is 37.5 Å². The summed E-state index contributed by atoms with van der Waals surface area (Å²) in [6, 6.07) is 0. The van der Waals surface area contributed by atoms with Crippen LogP contribution in [0.2, 0.25) is 0 Å². The van der Waals surface area contributed by atoms with Crippen LogP contribution in [0.25, 0.3) is 0 Å². The maximum absolute atomic E-state index is 3.75. The van der Waals surface area contributed by atoms with Gasteiger partial charge >= 0.3 is 0 Å². The molecule has 0 heterocycles. The molecule has 0 N–H and O–H groups in total. The average Bonchev–Trinajstić information content (AvgIpc) is 1.98. The minimum atomic E-state index is 0.531. The van der Waals surface area contributed by atoms with Crippen molar-refractivity contribution in [2.45, 2.75) is 19.8 Å². The highest BCUT2D eigenvalue weighted by Crippen LogP contribution is 2.08. The molecule has 0 heteroatoms. The molecule has 0 aliphatic heterocycles. The number of rotatable bonds is 5. The van der Waals surface area contributed by atoms with Crippen molar-refractivity contribution in [1.29, 1.82) is 0 Å². The second kappa shape index (κ2) is 6.34. The van der Waals surface area contributed by atoms with Gasteiger partial charge in [0.15, 0.2) is 0 Å². The van der Waals surface area contributed by atoms with E-state index in [0.29, 0.717) is 5.92 Å². The highest BCUT2D eigenvalue weighted by molar-refractivity contribution is 4.96. The standard InChI is InChI=1S/C10H16/c1-4-7-9-10(6-3)8-5-2/h4-6,8,10H,1,3,7,9H2,2H3. The highest BCUT2D eigenvalue weighted by atomic mass is 14.0. The van der Waals surface area contributed by atoms with Crippen molar-refractivity contribution in [2.75, 3.05) is 0 Å². The lowest BCUT2D eigenvalue weighted by Crippen LogP contribution is -1.88. The zero-order valence-electron chi connectivity index (χ0n) is 6.72. The molecule has 0 saturated heterocycles. The Kier molecular flexibility index (Phi) is 5.85. The van der Waals surface area contributed by atoms with Crippen LogP contribution in [0.5, 0.6) is 0 Å². The van der Waals surface area contributed by atoms with Crippen LogP contribution in [0.4, 0.5) is 0 Å². The van der Waals surface area contributed by atoms with E-state index in [-0.39, 0.29) is 0 Å². The summed E-state index contributed by atoms with van der Waals surface area (Å²) in [6.07, 6.45) is 10.4. The molecule has 0 aliphatic carbocycles. The van der Waals surface area contributed by atoms with E-state index in [0.717, 1.165) is 12.8 Å². The normalized spacial score (nSPS) is 13.3. The molecule has 56 valence electrons. The van der Waals surface area contributed by atoms with Crippen molar-refractivity contribution in [3.63, 3.8) is 0 Å². The molecule has 0 amide bonds. The smallest absolute Gasteiger partial charge is 0.00533 e. The fourth-order valence-corrected chi connectivity index (χ4v) is 0.850. The maximum Gasteiger partial charge on any atom is -0.00533 e. The molecule has 0 spiro atoms. The minimum absolute atomic E-state index is 0.531. The third-order valence-electron chi connectivity index (χ3n) is 1.45. The first-order chi connectivity index (χ1) is 4.85. The van der Waals surface area contributed by atoms with Gasteiger partial charge in [-0.1, -0.05) is 24.3 Å². The number of allylic oxidation sites excluding steroid dienone is 4. The quantitative estimate of drug-likeness (QED) is 0.508. The van der Waals surface area contributed by atoms with Crippen molar-refractivity contribution in [1.82, 2.24) is 0 Å². The Morgan fingerprint density at radius 2 is 2.10 bits per heavy atom. The number of hydrogen-bond donors (Lipinski definition) is 0. The van der Waals surface area contributed by atoms with Gasteiger partial charge in [0.2, 0.25) is 0 Å². The van der Waals surface area contributed by atoms with Gasteiger partial charge < -0.3 is 0 Å². The lowest BCUT2D eigenvalue weighted by atomic mass is 10.0. The van der Waals surface area contributed by atoms with E-state index in [1.165, 1.54) is 0 Å². The van der Waals surface area contributed by atoms with Crippen molar-refractivity contribution in [3.8, 4) is 0 Å². The van der Waals surface area contributed by atoms with Gasteiger partial charge in [0.25, 0.3) is 0 Å². The number of hydrogen-bond acceptors (Lipinski definition) is 0. The Bertz CT molecular complexity index is 120. The summed E-state index contributed by atoms with van der Waals surface area (Å²) < 4.78 is 0. The van der Waals surface area contributed by atoms with Gasteiger partial charge in [-0.05, 0) is 25.7 Å². The third kappa shape index (κ3) is 4.13. The van der Waals surface area contributed by atoms with Crippen LogP contribution in [0, 0.1) is 5.92 Å². The predicted octanol–water partition coefficient (Wildman–Crippen LogP) is 3.33. The molecular formula is C10H16. The van der Waals surface area contributed by atoms with Crippen LogP contribution in [-0.2, 0) is 0 Å². The Balaban J connectivity index is 3.59. The van der Waals surface area contributed by atoms with Crippen LogP contribution in [0.15, 0.2) is 37.5 Å². The Labute approximate surface area is 64.0 Å². The van der Waals surface area contributed by atoms with Gasteiger partial charge in [-0.2, -0.15) is 0 Å². The summed E-state index contributed by atoms with van der Waals surface area (Å²) in [4.78, 5) is 0. The van der Waals surface area contributed by atoms with E-state index < -0.39 is 0 Å². The molecule has 1 atom stereocenters. The topological polar surface area (TPSA) is 0 Å². The summed E-state index contributed by atoms with van der Waals surface area (Å²) >= 11 is 0. The summed E-state index contributed by atoms with van der Waals surface area (Å²) in [5, 5.41) is 0. The van der Waals surface area contributed by atoms with Crippen LogP contribution in [0.3, 0.4) is 0 Å². The van der Waals surface area contributed by atoms with Crippen LogP contribution in [-0.4, -0.2) is 0 Å². The van der Waals surface area contributed by atoms with Gasteiger partial charge in [-0.15, -0.1) is 13.2 Å².